The van der Waals surface area contributed by atoms with Crippen LogP contribution < -0.4 is 0 Å². The van der Waals surface area contributed by atoms with Crippen LogP contribution in [0.25, 0.3) is 0 Å². The molecule has 0 aromatic rings. The number of unbranched alkanes of at least 4 members (excludes halogenated alkanes) is 24. The number of esters is 2. The van der Waals surface area contributed by atoms with E-state index in [1.54, 1.807) is 0 Å². The zero-order chi connectivity index (χ0) is 41.7. The molecule has 0 amide bonds. The molecule has 2 heterocycles. The van der Waals surface area contributed by atoms with Gasteiger partial charge in [0.2, 0.25) is 0 Å². The van der Waals surface area contributed by atoms with Crippen molar-refractivity contribution in [2.45, 2.75) is 255 Å². The van der Waals surface area contributed by atoms with Crippen LogP contribution >= 0.6 is 0 Å². The van der Waals surface area contributed by atoms with E-state index in [1.807, 2.05) is 0 Å². The number of carbonyl (C=O) groups is 2. The lowest BCUT2D eigenvalue weighted by Gasteiger charge is -2.46. The third-order valence-corrected chi connectivity index (χ3v) is 11.4. The molecule has 1 unspecified atom stereocenters. The molecular weight excluding hydrogens is 736 g/mol. The fraction of sp³-hybridized carbons (Fsp3) is 0.955. The van der Waals surface area contributed by atoms with Gasteiger partial charge in [0.25, 0.3) is 0 Å². The minimum atomic E-state index is -1.80. The Bertz CT molecular complexity index is 997. The largest absolute Gasteiger partial charge is 0.463 e. The number of aliphatic hydroxyl groups is 6. The Labute approximate surface area is 343 Å². The van der Waals surface area contributed by atoms with Crippen LogP contribution in [0.5, 0.6) is 0 Å². The third-order valence-electron chi connectivity index (χ3n) is 11.4. The van der Waals surface area contributed by atoms with E-state index < -0.39 is 86.6 Å². The van der Waals surface area contributed by atoms with Crippen molar-refractivity contribution in [3.8, 4) is 0 Å². The van der Waals surface area contributed by atoms with Gasteiger partial charge in [0.1, 0.15) is 49.3 Å². The highest BCUT2D eigenvalue weighted by Gasteiger charge is 2.52. The van der Waals surface area contributed by atoms with E-state index in [9.17, 15) is 40.2 Å². The Hall–Kier alpha value is -1.42. The molecule has 2 aliphatic heterocycles. The second kappa shape index (κ2) is 32.4. The molecule has 57 heavy (non-hydrogen) atoms. The quantitative estimate of drug-likeness (QED) is 0.0297. The van der Waals surface area contributed by atoms with E-state index >= 15 is 0 Å². The molecule has 0 bridgehead atoms. The zero-order valence-corrected chi connectivity index (χ0v) is 35.5. The van der Waals surface area contributed by atoms with E-state index in [1.165, 1.54) is 109 Å². The topological polar surface area (TPSA) is 202 Å². The summed E-state index contributed by atoms with van der Waals surface area (Å²) in [5.41, 5.74) is 0. The van der Waals surface area contributed by atoms with Crippen LogP contribution in [0.3, 0.4) is 0 Å². The van der Waals surface area contributed by atoms with Crippen molar-refractivity contribution in [2.24, 2.45) is 0 Å². The number of hydrogen-bond donors (Lipinski definition) is 6. The van der Waals surface area contributed by atoms with Gasteiger partial charge in [-0.15, -0.1) is 0 Å². The van der Waals surface area contributed by atoms with Crippen molar-refractivity contribution in [1.82, 2.24) is 0 Å². The smallest absolute Gasteiger partial charge is 0.306 e. The first-order valence-corrected chi connectivity index (χ1v) is 23.0. The van der Waals surface area contributed by atoms with Crippen molar-refractivity contribution in [3.05, 3.63) is 0 Å². The second-order valence-corrected chi connectivity index (χ2v) is 16.5. The van der Waals surface area contributed by atoms with Crippen molar-refractivity contribution < 1.29 is 63.9 Å². The van der Waals surface area contributed by atoms with Crippen molar-refractivity contribution in [3.63, 3.8) is 0 Å². The van der Waals surface area contributed by atoms with Gasteiger partial charge >= 0.3 is 11.9 Å². The first kappa shape index (κ1) is 51.7. The molecule has 13 nitrogen and oxygen atoms in total. The summed E-state index contributed by atoms with van der Waals surface area (Å²) in [7, 11) is 0. The van der Waals surface area contributed by atoms with Crippen LogP contribution in [-0.4, -0.2) is 117 Å². The standard InChI is InChI=1S/C44H82O13/c1-3-5-7-9-11-13-15-17-19-21-23-25-27-29-35(46)53-32-34-37(48)38(49)42(44(55-34)57-41-33(31-45)54-43(52)40(51)39(41)50)56-36(47)30-28-26-24-22-20-18-16-14-12-10-8-6-4-2/h33-34,37-45,48-52H,3-32H2,1-2H3/t33-,34-,37+,38+,39-,40-,41-,42-,43?,44+/m1/s1. The van der Waals surface area contributed by atoms with Gasteiger partial charge < -0.3 is 54.3 Å². The summed E-state index contributed by atoms with van der Waals surface area (Å²) in [4.78, 5) is 25.6. The maximum Gasteiger partial charge on any atom is 0.306 e. The van der Waals surface area contributed by atoms with Gasteiger partial charge in [0.15, 0.2) is 18.7 Å². The number of rotatable bonds is 34. The molecule has 0 aliphatic carbocycles. The Kier molecular flexibility index (Phi) is 29.4. The van der Waals surface area contributed by atoms with E-state index in [4.69, 9.17) is 23.7 Å². The molecule has 0 aromatic carbocycles. The van der Waals surface area contributed by atoms with Crippen molar-refractivity contribution >= 4 is 11.9 Å². The molecule has 0 aromatic heterocycles. The van der Waals surface area contributed by atoms with Crippen LogP contribution in [0.15, 0.2) is 0 Å². The molecule has 10 atom stereocenters. The Balaban J connectivity index is 1.81. The van der Waals surface area contributed by atoms with Gasteiger partial charge in [0.05, 0.1) is 6.61 Å². The molecule has 2 fully saturated rings. The number of ether oxygens (including phenoxy) is 5. The van der Waals surface area contributed by atoms with Crippen LogP contribution in [0.1, 0.15) is 194 Å². The zero-order valence-electron chi connectivity index (χ0n) is 35.5. The predicted octanol–water partition coefficient (Wildman–Crippen LogP) is 6.67. The number of carbonyl (C=O) groups excluding carboxylic acids is 2. The molecule has 0 saturated carbocycles. The Morgan fingerprint density at radius 1 is 0.474 bits per heavy atom. The molecule has 0 radical (unpaired) electrons. The summed E-state index contributed by atoms with van der Waals surface area (Å²) in [6.07, 6.45) is 14.5. The van der Waals surface area contributed by atoms with Gasteiger partial charge in [-0.05, 0) is 12.8 Å². The van der Waals surface area contributed by atoms with Gasteiger partial charge in [0, 0.05) is 12.8 Å². The first-order chi connectivity index (χ1) is 27.6. The third kappa shape index (κ3) is 21.6. The highest BCUT2D eigenvalue weighted by atomic mass is 16.7. The molecule has 13 heteroatoms. The maximum absolute atomic E-state index is 13.0. The Morgan fingerprint density at radius 3 is 1.32 bits per heavy atom. The van der Waals surface area contributed by atoms with Crippen LogP contribution in [0.4, 0.5) is 0 Å². The minimum Gasteiger partial charge on any atom is -0.463 e. The average molecular weight is 819 g/mol. The van der Waals surface area contributed by atoms with E-state index in [0.717, 1.165) is 44.9 Å². The number of aliphatic hydroxyl groups excluding tert-OH is 6. The lowest BCUT2D eigenvalue weighted by Crippen LogP contribution is -2.65. The van der Waals surface area contributed by atoms with E-state index in [-0.39, 0.29) is 12.8 Å². The van der Waals surface area contributed by atoms with Crippen molar-refractivity contribution in [2.75, 3.05) is 13.2 Å². The second-order valence-electron chi connectivity index (χ2n) is 16.5. The monoisotopic (exact) mass is 819 g/mol. The first-order valence-electron chi connectivity index (χ1n) is 23.0. The fourth-order valence-electron chi connectivity index (χ4n) is 7.70. The highest BCUT2D eigenvalue weighted by Crippen LogP contribution is 2.31. The van der Waals surface area contributed by atoms with E-state index in [0.29, 0.717) is 12.8 Å². The molecule has 336 valence electrons. The van der Waals surface area contributed by atoms with Crippen LogP contribution in [0, 0.1) is 0 Å². The summed E-state index contributed by atoms with van der Waals surface area (Å²) in [5, 5.41) is 62.9. The minimum absolute atomic E-state index is 0.0589. The normalized spacial score (nSPS) is 27.7. The molecule has 0 spiro atoms. The highest BCUT2D eigenvalue weighted by molar-refractivity contribution is 5.69. The Morgan fingerprint density at radius 2 is 0.877 bits per heavy atom. The van der Waals surface area contributed by atoms with Gasteiger partial charge in [-0.1, -0.05) is 168 Å². The SMILES string of the molecule is CCCCCCCCCCCCCCCC(=O)OC[C@H]1O[C@@H](O[C@H]2[C@H](O)[C@@H](O)C(O)O[C@@H]2CO)[C@H](OC(=O)CCCCCCCCCCCCCCC)[C@@H](O)[C@H]1O. The van der Waals surface area contributed by atoms with Gasteiger partial charge in [-0.2, -0.15) is 0 Å². The summed E-state index contributed by atoms with van der Waals surface area (Å²) in [6, 6.07) is 0. The van der Waals surface area contributed by atoms with Crippen LogP contribution in [0.2, 0.25) is 0 Å². The fourth-order valence-corrected chi connectivity index (χ4v) is 7.70. The molecular formula is C44H82O13. The molecule has 2 saturated heterocycles. The number of hydrogen-bond acceptors (Lipinski definition) is 13. The van der Waals surface area contributed by atoms with Crippen molar-refractivity contribution in [1.29, 1.82) is 0 Å². The summed E-state index contributed by atoms with van der Waals surface area (Å²) in [5.74, 6) is -1.13. The van der Waals surface area contributed by atoms with Gasteiger partial charge in [-0.25, -0.2) is 0 Å². The molecule has 2 rings (SSSR count). The molecule has 2 aliphatic rings. The summed E-state index contributed by atoms with van der Waals surface area (Å²) < 4.78 is 28.0. The van der Waals surface area contributed by atoms with E-state index in [2.05, 4.69) is 13.8 Å². The summed E-state index contributed by atoms with van der Waals surface area (Å²) in [6.45, 7) is 3.32. The predicted molar refractivity (Wildman–Crippen MR) is 217 cm³/mol. The van der Waals surface area contributed by atoms with Crippen LogP contribution in [-0.2, 0) is 33.3 Å². The molecule has 6 N–H and O–H groups in total. The lowest BCUT2D eigenvalue weighted by molar-refractivity contribution is -0.356. The lowest BCUT2D eigenvalue weighted by atomic mass is 9.97. The summed E-state index contributed by atoms with van der Waals surface area (Å²) >= 11 is 0. The average Bonchev–Trinajstić information content (AvgIpc) is 3.20. The van der Waals surface area contributed by atoms with Gasteiger partial charge in [-0.3, -0.25) is 9.59 Å². The maximum atomic E-state index is 13.0.